The average molecular weight is 326 g/mol. The quantitative estimate of drug-likeness (QED) is 0.897. The van der Waals surface area contributed by atoms with Gasteiger partial charge >= 0.3 is 0 Å². The van der Waals surface area contributed by atoms with Gasteiger partial charge in [-0.1, -0.05) is 0 Å². The molecule has 0 aliphatic rings. The SMILES string of the molecule is CC(C)(N)CNC(=O)c1ccc(F)c(Br)c1.Cl. The van der Waals surface area contributed by atoms with Crippen molar-refractivity contribution in [3.05, 3.63) is 34.1 Å². The van der Waals surface area contributed by atoms with E-state index in [0.29, 0.717) is 12.1 Å². The van der Waals surface area contributed by atoms with Crippen LogP contribution in [0.1, 0.15) is 24.2 Å². The summed E-state index contributed by atoms with van der Waals surface area (Å²) in [6, 6.07) is 4.11. The first-order valence-electron chi connectivity index (χ1n) is 4.82. The van der Waals surface area contributed by atoms with Crippen molar-refractivity contribution in [2.75, 3.05) is 6.54 Å². The van der Waals surface area contributed by atoms with Crippen LogP contribution in [0.2, 0.25) is 0 Å². The van der Waals surface area contributed by atoms with Gasteiger partial charge in [0.05, 0.1) is 4.47 Å². The number of hydrogen-bond acceptors (Lipinski definition) is 2. The van der Waals surface area contributed by atoms with Crippen molar-refractivity contribution in [1.29, 1.82) is 0 Å². The number of nitrogens with two attached hydrogens (primary N) is 1. The number of halogens is 3. The zero-order valence-electron chi connectivity index (χ0n) is 9.59. The first kappa shape index (κ1) is 16.4. The van der Waals surface area contributed by atoms with E-state index in [1.165, 1.54) is 18.2 Å². The maximum Gasteiger partial charge on any atom is 0.251 e. The number of carbonyl (C=O) groups excluding carboxylic acids is 1. The van der Waals surface area contributed by atoms with E-state index in [0.717, 1.165) is 0 Å². The Balaban J connectivity index is 0.00000256. The van der Waals surface area contributed by atoms with Crippen molar-refractivity contribution in [3.8, 4) is 0 Å². The van der Waals surface area contributed by atoms with Gasteiger partial charge in [0.15, 0.2) is 0 Å². The molecule has 6 heteroatoms. The molecule has 0 unspecified atom stereocenters. The highest BCUT2D eigenvalue weighted by Gasteiger charge is 2.14. The van der Waals surface area contributed by atoms with Gasteiger partial charge in [0.1, 0.15) is 5.82 Å². The molecule has 0 atom stereocenters. The van der Waals surface area contributed by atoms with Gasteiger partial charge in [-0.25, -0.2) is 4.39 Å². The number of benzene rings is 1. The summed E-state index contributed by atoms with van der Waals surface area (Å²) >= 11 is 3.03. The van der Waals surface area contributed by atoms with E-state index in [1.807, 2.05) is 13.8 Å². The number of nitrogens with one attached hydrogen (secondary N) is 1. The molecule has 0 radical (unpaired) electrons. The lowest BCUT2D eigenvalue weighted by Crippen LogP contribution is -2.45. The Bertz CT molecular complexity index is 407. The molecule has 1 amide bonds. The van der Waals surface area contributed by atoms with Crippen LogP contribution in [-0.2, 0) is 0 Å². The average Bonchev–Trinajstić information content (AvgIpc) is 2.17. The maximum atomic E-state index is 12.9. The normalized spacial score (nSPS) is 10.6. The third-order valence-electron chi connectivity index (χ3n) is 1.89. The summed E-state index contributed by atoms with van der Waals surface area (Å²) in [5.41, 5.74) is 5.67. The Morgan fingerprint density at radius 1 is 1.53 bits per heavy atom. The van der Waals surface area contributed by atoms with Crippen LogP contribution in [0.15, 0.2) is 22.7 Å². The first-order valence-corrected chi connectivity index (χ1v) is 5.61. The van der Waals surface area contributed by atoms with Crippen molar-refractivity contribution in [3.63, 3.8) is 0 Å². The molecule has 0 bridgehead atoms. The second-order valence-corrected chi connectivity index (χ2v) is 5.15. The number of rotatable bonds is 3. The van der Waals surface area contributed by atoms with Crippen LogP contribution in [0.3, 0.4) is 0 Å². The van der Waals surface area contributed by atoms with Crippen LogP contribution in [0.5, 0.6) is 0 Å². The van der Waals surface area contributed by atoms with Crippen LogP contribution in [0.25, 0.3) is 0 Å². The van der Waals surface area contributed by atoms with E-state index in [-0.39, 0.29) is 22.8 Å². The molecule has 3 nitrogen and oxygen atoms in total. The lowest BCUT2D eigenvalue weighted by molar-refractivity contribution is 0.0946. The van der Waals surface area contributed by atoms with Crippen LogP contribution >= 0.6 is 28.3 Å². The third-order valence-corrected chi connectivity index (χ3v) is 2.49. The highest BCUT2D eigenvalue weighted by molar-refractivity contribution is 9.10. The van der Waals surface area contributed by atoms with Gasteiger partial charge < -0.3 is 11.1 Å². The van der Waals surface area contributed by atoms with Crippen LogP contribution in [0, 0.1) is 5.82 Å². The zero-order chi connectivity index (χ0) is 12.3. The summed E-state index contributed by atoms with van der Waals surface area (Å²) in [5.74, 6) is -0.657. The molecule has 0 aliphatic carbocycles. The predicted molar refractivity (Wildman–Crippen MR) is 71.9 cm³/mol. The number of carbonyl (C=O) groups is 1. The number of amides is 1. The summed E-state index contributed by atoms with van der Waals surface area (Å²) in [7, 11) is 0. The van der Waals surface area contributed by atoms with E-state index in [1.54, 1.807) is 0 Å². The minimum atomic E-state index is -0.465. The molecule has 0 saturated carbocycles. The Labute approximate surface area is 114 Å². The molecule has 0 heterocycles. The Kier molecular flexibility index (Phi) is 6.09. The first-order chi connectivity index (χ1) is 7.29. The van der Waals surface area contributed by atoms with E-state index >= 15 is 0 Å². The molecule has 1 aromatic rings. The highest BCUT2D eigenvalue weighted by atomic mass is 79.9. The smallest absolute Gasteiger partial charge is 0.251 e. The van der Waals surface area contributed by atoms with Gasteiger partial charge in [-0.05, 0) is 48.0 Å². The van der Waals surface area contributed by atoms with E-state index < -0.39 is 11.4 Å². The van der Waals surface area contributed by atoms with Crippen molar-refractivity contribution >= 4 is 34.2 Å². The minimum absolute atomic E-state index is 0. The third kappa shape index (κ3) is 5.48. The van der Waals surface area contributed by atoms with Gasteiger partial charge in [0, 0.05) is 17.6 Å². The molecule has 17 heavy (non-hydrogen) atoms. The van der Waals surface area contributed by atoms with Gasteiger partial charge in [0.2, 0.25) is 0 Å². The molecule has 0 fully saturated rings. The van der Waals surface area contributed by atoms with Crippen LogP contribution < -0.4 is 11.1 Å². The monoisotopic (exact) mass is 324 g/mol. The molecule has 0 spiro atoms. The van der Waals surface area contributed by atoms with Gasteiger partial charge in [-0.2, -0.15) is 0 Å². The van der Waals surface area contributed by atoms with E-state index in [9.17, 15) is 9.18 Å². The largest absolute Gasteiger partial charge is 0.350 e. The number of hydrogen-bond donors (Lipinski definition) is 2. The molecular formula is C11H15BrClFN2O. The standard InChI is InChI=1S/C11H14BrFN2O.ClH/c1-11(2,14)6-15-10(16)7-3-4-9(13)8(12)5-7;/h3-5H,6,14H2,1-2H3,(H,15,16);1H. The lowest BCUT2D eigenvalue weighted by Gasteiger charge is -2.18. The molecule has 1 rings (SSSR count). The molecule has 0 saturated heterocycles. The van der Waals surface area contributed by atoms with Gasteiger partial charge in [-0.15, -0.1) is 12.4 Å². The fraction of sp³-hybridized carbons (Fsp3) is 0.364. The highest BCUT2D eigenvalue weighted by Crippen LogP contribution is 2.16. The molecule has 3 N–H and O–H groups in total. The fourth-order valence-corrected chi connectivity index (χ4v) is 1.43. The Morgan fingerprint density at radius 3 is 2.59 bits per heavy atom. The Morgan fingerprint density at radius 2 is 2.12 bits per heavy atom. The molecule has 96 valence electrons. The van der Waals surface area contributed by atoms with Crippen molar-refractivity contribution < 1.29 is 9.18 Å². The molecule has 1 aromatic carbocycles. The van der Waals surface area contributed by atoms with Crippen molar-refractivity contribution in [2.24, 2.45) is 5.73 Å². The van der Waals surface area contributed by atoms with Gasteiger partial charge in [-0.3, -0.25) is 4.79 Å². The van der Waals surface area contributed by atoms with Crippen molar-refractivity contribution in [1.82, 2.24) is 5.32 Å². The predicted octanol–water partition coefficient (Wildman–Crippen LogP) is 2.48. The fourth-order valence-electron chi connectivity index (χ4n) is 1.05. The Hall–Kier alpha value is -0.650. The summed E-state index contributed by atoms with van der Waals surface area (Å²) in [6.07, 6.45) is 0. The second kappa shape index (κ2) is 6.33. The zero-order valence-corrected chi connectivity index (χ0v) is 12.0. The summed E-state index contributed by atoms with van der Waals surface area (Å²) < 4.78 is 13.2. The van der Waals surface area contributed by atoms with Crippen LogP contribution in [-0.4, -0.2) is 18.0 Å². The lowest BCUT2D eigenvalue weighted by atomic mass is 10.1. The van der Waals surface area contributed by atoms with E-state index in [4.69, 9.17) is 5.73 Å². The van der Waals surface area contributed by atoms with E-state index in [2.05, 4.69) is 21.2 Å². The minimum Gasteiger partial charge on any atom is -0.350 e. The topological polar surface area (TPSA) is 55.1 Å². The molecular weight excluding hydrogens is 310 g/mol. The summed E-state index contributed by atoms with van der Waals surface area (Å²) in [6.45, 7) is 3.99. The maximum absolute atomic E-state index is 12.9. The summed E-state index contributed by atoms with van der Waals surface area (Å²) in [4.78, 5) is 11.6. The second-order valence-electron chi connectivity index (χ2n) is 4.30. The van der Waals surface area contributed by atoms with Gasteiger partial charge in [0.25, 0.3) is 5.91 Å². The van der Waals surface area contributed by atoms with Crippen molar-refractivity contribution in [2.45, 2.75) is 19.4 Å². The summed E-state index contributed by atoms with van der Waals surface area (Å²) in [5, 5.41) is 2.68. The molecule has 0 aromatic heterocycles. The van der Waals surface area contributed by atoms with Crippen LogP contribution in [0.4, 0.5) is 4.39 Å². The molecule has 0 aliphatic heterocycles.